The fourth-order valence-corrected chi connectivity index (χ4v) is 4.14. The number of rotatable bonds is 5. The Morgan fingerprint density at radius 3 is 2.88 bits per heavy atom. The van der Waals surface area contributed by atoms with Gasteiger partial charge in [-0.2, -0.15) is 0 Å². The third-order valence-electron chi connectivity index (χ3n) is 5.54. The number of benzene rings is 1. The molecule has 0 aliphatic carbocycles. The van der Waals surface area contributed by atoms with Gasteiger partial charge in [0.15, 0.2) is 11.6 Å². The summed E-state index contributed by atoms with van der Waals surface area (Å²) >= 11 is 6.14. The van der Waals surface area contributed by atoms with Crippen molar-refractivity contribution in [1.82, 2.24) is 19.6 Å². The summed E-state index contributed by atoms with van der Waals surface area (Å²) in [5, 5.41) is 2.76. The minimum atomic E-state index is -0.960. The molecule has 0 radical (unpaired) electrons. The van der Waals surface area contributed by atoms with Gasteiger partial charge >= 0.3 is 0 Å². The molecule has 4 rings (SSSR count). The Labute approximate surface area is 188 Å². The number of nitrogens with zero attached hydrogens (tertiary/aromatic N) is 3. The highest BCUT2D eigenvalue weighted by molar-refractivity contribution is 6.30. The second-order valence-corrected chi connectivity index (χ2v) is 8.08. The average Bonchev–Trinajstić information content (AvgIpc) is 3.10. The molecule has 1 fully saturated rings. The third-order valence-corrected chi connectivity index (χ3v) is 5.77. The molecule has 3 aromatic rings. The van der Waals surface area contributed by atoms with E-state index in [1.54, 1.807) is 22.7 Å². The number of pyridine rings is 1. The molecular formula is C22H23ClF2N4O3. The van der Waals surface area contributed by atoms with Gasteiger partial charge in [-0.15, -0.1) is 0 Å². The van der Waals surface area contributed by atoms with E-state index in [1.807, 2.05) is 7.05 Å². The number of aromatic nitrogens is 2. The highest BCUT2D eigenvalue weighted by Gasteiger charge is 2.29. The molecule has 7 nitrogen and oxygen atoms in total. The van der Waals surface area contributed by atoms with Crippen molar-refractivity contribution < 1.29 is 23.0 Å². The predicted octanol–water partition coefficient (Wildman–Crippen LogP) is 3.17. The van der Waals surface area contributed by atoms with E-state index in [2.05, 4.69) is 15.2 Å². The van der Waals surface area contributed by atoms with E-state index in [-0.39, 0.29) is 23.1 Å². The van der Waals surface area contributed by atoms with Crippen LogP contribution in [0.2, 0.25) is 5.02 Å². The summed E-state index contributed by atoms with van der Waals surface area (Å²) in [5.41, 5.74) is 0.707. The van der Waals surface area contributed by atoms with E-state index in [0.717, 1.165) is 12.6 Å². The fourth-order valence-electron chi connectivity index (χ4n) is 3.99. The van der Waals surface area contributed by atoms with Crippen LogP contribution in [0.1, 0.15) is 16.1 Å². The quantitative estimate of drug-likeness (QED) is 0.628. The van der Waals surface area contributed by atoms with Gasteiger partial charge in [0.1, 0.15) is 11.5 Å². The molecule has 2 aromatic heterocycles. The lowest BCUT2D eigenvalue weighted by Gasteiger charge is -2.30. The van der Waals surface area contributed by atoms with Gasteiger partial charge in [-0.1, -0.05) is 11.6 Å². The standard InChI is InChI=1S/C22H23ClF2N4O3/c1-26-22(30)14-10-15(24)18(21(31-3)19(14)25)20-16(9-13-11-28(2)6-7-32-13)29-5-4-12(23)8-17(29)27-20/h4-5,8,10,13H,6-7,9,11H2,1-3H3,(H,26,30). The average molecular weight is 465 g/mol. The van der Waals surface area contributed by atoms with Crippen LogP contribution in [-0.2, 0) is 11.2 Å². The van der Waals surface area contributed by atoms with Crippen molar-refractivity contribution in [3.8, 4) is 17.0 Å². The second-order valence-electron chi connectivity index (χ2n) is 7.65. The Bertz CT molecular complexity index is 1180. The monoisotopic (exact) mass is 464 g/mol. The Kier molecular flexibility index (Phi) is 6.32. The number of likely N-dealkylation sites (N-methyl/N-ethyl adjacent to an activating group) is 1. The van der Waals surface area contributed by atoms with Crippen LogP contribution in [0.4, 0.5) is 8.78 Å². The number of nitrogens with one attached hydrogen (secondary N) is 1. The molecule has 1 aromatic carbocycles. The van der Waals surface area contributed by atoms with E-state index in [0.29, 0.717) is 35.9 Å². The summed E-state index contributed by atoms with van der Waals surface area (Å²) in [6.45, 7) is 2.08. The number of morpholine rings is 1. The van der Waals surface area contributed by atoms with Crippen molar-refractivity contribution in [2.45, 2.75) is 12.5 Å². The molecule has 32 heavy (non-hydrogen) atoms. The first-order valence-electron chi connectivity index (χ1n) is 10.1. The SMILES string of the molecule is CNC(=O)c1cc(F)c(-c2nc3cc(Cl)ccn3c2CC2CN(C)CCO2)c(OC)c1F. The minimum absolute atomic E-state index is 0.156. The molecule has 1 N–H and O–H groups in total. The molecule has 1 atom stereocenters. The molecule has 0 spiro atoms. The molecule has 3 heterocycles. The van der Waals surface area contributed by atoms with Crippen LogP contribution in [0.3, 0.4) is 0 Å². The number of amides is 1. The first-order chi connectivity index (χ1) is 15.3. The Morgan fingerprint density at radius 1 is 1.41 bits per heavy atom. The lowest BCUT2D eigenvalue weighted by molar-refractivity contribution is -0.0190. The van der Waals surface area contributed by atoms with Crippen molar-refractivity contribution in [3.63, 3.8) is 0 Å². The number of methoxy groups -OCH3 is 1. The molecule has 1 amide bonds. The van der Waals surface area contributed by atoms with Gasteiger partial charge in [0, 0.05) is 43.8 Å². The summed E-state index contributed by atoms with van der Waals surface area (Å²) in [7, 11) is 4.56. The van der Waals surface area contributed by atoms with Gasteiger partial charge < -0.3 is 24.1 Å². The predicted molar refractivity (Wildman–Crippen MR) is 116 cm³/mol. The molecule has 1 saturated heterocycles. The summed E-state index contributed by atoms with van der Waals surface area (Å²) in [5.74, 6) is -2.93. The number of fused-ring (bicyclic) bond motifs is 1. The summed E-state index contributed by atoms with van der Waals surface area (Å²) in [6, 6.07) is 4.19. The van der Waals surface area contributed by atoms with Gasteiger partial charge in [0.2, 0.25) is 0 Å². The highest BCUT2D eigenvalue weighted by Crippen LogP contribution is 2.39. The number of hydrogen-bond donors (Lipinski definition) is 1. The summed E-state index contributed by atoms with van der Waals surface area (Å²) < 4.78 is 43.4. The molecule has 1 aliphatic rings. The second kappa shape index (κ2) is 9.01. The number of hydrogen-bond acceptors (Lipinski definition) is 5. The molecule has 170 valence electrons. The number of halogens is 3. The van der Waals surface area contributed by atoms with Crippen LogP contribution in [0, 0.1) is 11.6 Å². The topological polar surface area (TPSA) is 68.1 Å². The lowest BCUT2D eigenvalue weighted by Crippen LogP contribution is -2.41. The normalized spacial score (nSPS) is 17.0. The number of carbonyl (C=O) groups is 1. The van der Waals surface area contributed by atoms with E-state index in [9.17, 15) is 4.79 Å². The van der Waals surface area contributed by atoms with Crippen molar-refractivity contribution in [2.75, 3.05) is 40.9 Å². The largest absolute Gasteiger partial charge is 0.493 e. The van der Waals surface area contributed by atoms with Gasteiger partial charge in [-0.3, -0.25) is 4.79 Å². The molecule has 0 bridgehead atoms. The van der Waals surface area contributed by atoms with Crippen LogP contribution in [-0.4, -0.2) is 67.2 Å². The third kappa shape index (κ3) is 4.03. The van der Waals surface area contributed by atoms with Gasteiger partial charge in [-0.25, -0.2) is 13.8 Å². The van der Waals surface area contributed by atoms with Gasteiger partial charge in [0.05, 0.1) is 42.3 Å². The molecule has 10 heteroatoms. The van der Waals surface area contributed by atoms with E-state index in [1.165, 1.54) is 14.2 Å². The molecule has 0 saturated carbocycles. The molecular weight excluding hydrogens is 442 g/mol. The summed E-state index contributed by atoms with van der Waals surface area (Å²) in [6.07, 6.45) is 1.98. The van der Waals surface area contributed by atoms with Crippen LogP contribution in [0.5, 0.6) is 5.75 Å². The van der Waals surface area contributed by atoms with Crippen LogP contribution < -0.4 is 10.1 Å². The van der Waals surface area contributed by atoms with E-state index in [4.69, 9.17) is 21.1 Å². The first kappa shape index (κ1) is 22.4. The number of imidazole rings is 1. The van der Waals surface area contributed by atoms with Crippen LogP contribution in [0.25, 0.3) is 16.9 Å². The smallest absolute Gasteiger partial charge is 0.254 e. The Hall–Kier alpha value is -2.75. The zero-order chi connectivity index (χ0) is 23.0. The van der Waals surface area contributed by atoms with Crippen molar-refractivity contribution in [3.05, 3.63) is 52.3 Å². The van der Waals surface area contributed by atoms with Gasteiger partial charge in [-0.05, 0) is 19.2 Å². The zero-order valence-electron chi connectivity index (χ0n) is 17.9. The van der Waals surface area contributed by atoms with Gasteiger partial charge in [0.25, 0.3) is 5.91 Å². The summed E-state index contributed by atoms with van der Waals surface area (Å²) in [4.78, 5) is 18.7. The fraction of sp³-hybridized carbons (Fsp3) is 0.364. The van der Waals surface area contributed by atoms with E-state index >= 15 is 8.78 Å². The maximum Gasteiger partial charge on any atom is 0.254 e. The zero-order valence-corrected chi connectivity index (χ0v) is 18.7. The van der Waals surface area contributed by atoms with E-state index < -0.39 is 23.1 Å². The van der Waals surface area contributed by atoms with Crippen molar-refractivity contribution >= 4 is 23.2 Å². The van der Waals surface area contributed by atoms with Crippen molar-refractivity contribution in [2.24, 2.45) is 0 Å². The van der Waals surface area contributed by atoms with Crippen LogP contribution in [0.15, 0.2) is 24.4 Å². The highest BCUT2D eigenvalue weighted by atomic mass is 35.5. The molecule has 1 unspecified atom stereocenters. The van der Waals surface area contributed by atoms with Crippen LogP contribution >= 0.6 is 11.6 Å². The maximum atomic E-state index is 15.3. The maximum absolute atomic E-state index is 15.3. The molecule has 1 aliphatic heterocycles. The Morgan fingerprint density at radius 2 is 2.19 bits per heavy atom. The lowest BCUT2D eigenvalue weighted by atomic mass is 10.0. The minimum Gasteiger partial charge on any atom is -0.493 e. The Balaban J connectivity index is 1.92. The van der Waals surface area contributed by atoms with Crippen molar-refractivity contribution in [1.29, 1.82) is 0 Å². The number of ether oxygens (including phenoxy) is 2. The first-order valence-corrected chi connectivity index (χ1v) is 10.5. The number of carbonyl (C=O) groups excluding carboxylic acids is 1.